The number of nitrogens with zero attached hydrogens (tertiary/aromatic N) is 1. The normalized spacial score (nSPS) is 10.3. The summed E-state index contributed by atoms with van der Waals surface area (Å²) in [6, 6.07) is 7.58. The van der Waals surface area contributed by atoms with Gasteiger partial charge in [0.2, 0.25) is 0 Å². The number of hydrogen-bond acceptors (Lipinski definition) is 3. The van der Waals surface area contributed by atoms with Crippen molar-refractivity contribution in [3.05, 3.63) is 35.4 Å². The standard InChI is InChI=1S/C13H20N2O2/c1-11-4-3-5-12(10-11)13(16)15(2)7-9-17-8-6-14/h3-5,10H,6-9,14H2,1-2H3. The van der Waals surface area contributed by atoms with Crippen molar-refractivity contribution in [3.63, 3.8) is 0 Å². The highest BCUT2D eigenvalue weighted by molar-refractivity contribution is 5.94. The van der Waals surface area contributed by atoms with Crippen molar-refractivity contribution < 1.29 is 9.53 Å². The topological polar surface area (TPSA) is 55.6 Å². The molecular weight excluding hydrogens is 216 g/mol. The largest absolute Gasteiger partial charge is 0.378 e. The van der Waals surface area contributed by atoms with Crippen molar-refractivity contribution >= 4 is 5.91 Å². The van der Waals surface area contributed by atoms with Crippen LogP contribution < -0.4 is 5.73 Å². The van der Waals surface area contributed by atoms with Crippen LogP contribution in [0.25, 0.3) is 0 Å². The fourth-order valence-electron chi connectivity index (χ4n) is 1.49. The summed E-state index contributed by atoms with van der Waals surface area (Å²) >= 11 is 0. The van der Waals surface area contributed by atoms with Gasteiger partial charge in [-0.25, -0.2) is 0 Å². The molecule has 1 aromatic rings. The number of carbonyl (C=O) groups is 1. The van der Waals surface area contributed by atoms with Crippen LogP contribution in [0, 0.1) is 6.92 Å². The molecule has 0 spiro atoms. The molecule has 0 fully saturated rings. The van der Waals surface area contributed by atoms with Gasteiger partial charge >= 0.3 is 0 Å². The fraction of sp³-hybridized carbons (Fsp3) is 0.462. The highest BCUT2D eigenvalue weighted by Crippen LogP contribution is 2.06. The Hall–Kier alpha value is -1.39. The summed E-state index contributed by atoms with van der Waals surface area (Å²) in [7, 11) is 1.77. The van der Waals surface area contributed by atoms with Crippen LogP contribution >= 0.6 is 0 Å². The van der Waals surface area contributed by atoms with Gasteiger partial charge in [0.15, 0.2) is 0 Å². The van der Waals surface area contributed by atoms with Gasteiger partial charge in [0.05, 0.1) is 13.2 Å². The van der Waals surface area contributed by atoms with E-state index in [0.29, 0.717) is 31.9 Å². The number of amides is 1. The first kappa shape index (κ1) is 13.7. The molecule has 4 heteroatoms. The first-order valence-corrected chi connectivity index (χ1v) is 5.75. The van der Waals surface area contributed by atoms with Crippen molar-refractivity contribution in [2.45, 2.75) is 6.92 Å². The molecule has 1 rings (SSSR count). The zero-order valence-corrected chi connectivity index (χ0v) is 10.5. The van der Waals surface area contributed by atoms with Crippen LogP contribution in [-0.4, -0.2) is 44.2 Å². The van der Waals surface area contributed by atoms with Crippen molar-refractivity contribution in [2.75, 3.05) is 33.4 Å². The number of hydrogen-bond donors (Lipinski definition) is 1. The van der Waals surface area contributed by atoms with Gasteiger partial charge in [-0.2, -0.15) is 0 Å². The fourth-order valence-corrected chi connectivity index (χ4v) is 1.49. The molecule has 1 amide bonds. The predicted octanol–water partition coefficient (Wildman–Crippen LogP) is 1.04. The summed E-state index contributed by atoms with van der Waals surface area (Å²) < 4.78 is 5.24. The van der Waals surface area contributed by atoms with Gasteiger partial charge in [-0.15, -0.1) is 0 Å². The maximum Gasteiger partial charge on any atom is 0.253 e. The first-order valence-electron chi connectivity index (χ1n) is 5.75. The Labute approximate surface area is 102 Å². The van der Waals surface area contributed by atoms with Crippen molar-refractivity contribution in [1.82, 2.24) is 4.90 Å². The third kappa shape index (κ3) is 4.54. The summed E-state index contributed by atoms with van der Waals surface area (Å²) in [5.74, 6) is 0.0186. The lowest BCUT2D eigenvalue weighted by molar-refractivity contribution is 0.0704. The number of ether oxygens (including phenoxy) is 1. The molecule has 0 saturated heterocycles. The average molecular weight is 236 g/mol. The van der Waals surface area contributed by atoms with E-state index in [-0.39, 0.29) is 5.91 Å². The maximum atomic E-state index is 12.0. The molecule has 94 valence electrons. The summed E-state index contributed by atoms with van der Waals surface area (Å²) in [6.07, 6.45) is 0. The zero-order chi connectivity index (χ0) is 12.7. The summed E-state index contributed by atoms with van der Waals surface area (Å²) in [5.41, 5.74) is 7.11. The lowest BCUT2D eigenvalue weighted by Crippen LogP contribution is -2.30. The molecule has 0 saturated carbocycles. The number of nitrogens with two attached hydrogens (primary N) is 1. The Kier molecular flexibility index (Phi) is 5.66. The molecule has 1 aromatic carbocycles. The molecule has 2 N–H and O–H groups in total. The molecule has 0 aromatic heterocycles. The van der Waals surface area contributed by atoms with E-state index in [4.69, 9.17) is 10.5 Å². The zero-order valence-electron chi connectivity index (χ0n) is 10.5. The van der Waals surface area contributed by atoms with Gasteiger partial charge in [0.1, 0.15) is 0 Å². The predicted molar refractivity (Wildman–Crippen MR) is 68.0 cm³/mol. The van der Waals surface area contributed by atoms with Crippen LogP contribution in [0.2, 0.25) is 0 Å². The molecule has 17 heavy (non-hydrogen) atoms. The van der Waals surface area contributed by atoms with E-state index in [1.54, 1.807) is 11.9 Å². The smallest absolute Gasteiger partial charge is 0.253 e. The summed E-state index contributed by atoms with van der Waals surface area (Å²) in [4.78, 5) is 13.7. The molecule has 0 aliphatic heterocycles. The van der Waals surface area contributed by atoms with E-state index in [1.807, 2.05) is 31.2 Å². The maximum absolute atomic E-state index is 12.0. The van der Waals surface area contributed by atoms with E-state index in [1.165, 1.54) is 0 Å². The Morgan fingerprint density at radius 2 is 2.18 bits per heavy atom. The molecule has 0 heterocycles. The van der Waals surface area contributed by atoms with Crippen LogP contribution in [0.1, 0.15) is 15.9 Å². The van der Waals surface area contributed by atoms with Gasteiger partial charge < -0.3 is 15.4 Å². The van der Waals surface area contributed by atoms with Crippen molar-refractivity contribution in [3.8, 4) is 0 Å². The molecule has 0 radical (unpaired) electrons. The van der Waals surface area contributed by atoms with E-state index in [9.17, 15) is 4.79 Å². The molecule has 0 unspecified atom stereocenters. The van der Waals surface area contributed by atoms with Crippen LogP contribution in [0.5, 0.6) is 0 Å². The third-order valence-corrected chi connectivity index (χ3v) is 2.44. The number of likely N-dealkylation sites (N-methyl/N-ethyl adjacent to an activating group) is 1. The van der Waals surface area contributed by atoms with Crippen molar-refractivity contribution in [1.29, 1.82) is 0 Å². The number of aryl methyl sites for hydroxylation is 1. The summed E-state index contributed by atoms with van der Waals surface area (Å²) in [6.45, 7) is 4.11. The van der Waals surface area contributed by atoms with Gasteiger partial charge in [-0.05, 0) is 19.1 Å². The number of carbonyl (C=O) groups excluding carboxylic acids is 1. The van der Waals surface area contributed by atoms with E-state index < -0.39 is 0 Å². The quantitative estimate of drug-likeness (QED) is 0.751. The second-order valence-corrected chi connectivity index (χ2v) is 4.00. The highest BCUT2D eigenvalue weighted by Gasteiger charge is 2.10. The number of rotatable bonds is 6. The second-order valence-electron chi connectivity index (χ2n) is 4.00. The van der Waals surface area contributed by atoms with E-state index in [2.05, 4.69) is 0 Å². The average Bonchev–Trinajstić information content (AvgIpc) is 2.33. The Bertz CT molecular complexity index is 366. The van der Waals surface area contributed by atoms with Crippen LogP contribution in [-0.2, 0) is 4.74 Å². The van der Waals surface area contributed by atoms with Crippen LogP contribution in [0.3, 0.4) is 0 Å². The molecule has 0 atom stereocenters. The molecular formula is C13H20N2O2. The van der Waals surface area contributed by atoms with Gasteiger partial charge in [-0.3, -0.25) is 4.79 Å². The minimum atomic E-state index is 0.0186. The molecule has 0 aliphatic rings. The SMILES string of the molecule is Cc1cccc(C(=O)N(C)CCOCCN)c1. The second kappa shape index (κ2) is 7.04. The van der Waals surface area contributed by atoms with Gasteiger partial charge in [-0.1, -0.05) is 17.7 Å². The first-order chi connectivity index (χ1) is 8.15. The van der Waals surface area contributed by atoms with Crippen molar-refractivity contribution in [2.24, 2.45) is 5.73 Å². The minimum Gasteiger partial charge on any atom is -0.378 e. The van der Waals surface area contributed by atoms with Crippen LogP contribution in [0.15, 0.2) is 24.3 Å². The minimum absolute atomic E-state index is 0.0186. The third-order valence-electron chi connectivity index (χ3n) is 2.44. The van der Waals surface area contributed by atoms with E-state index >= 15 is 0 Å². The lowest BCUT2D eigenvalue weighted by atomic mass is 10.1. The molecule has 0 aliphatic carbocycles. The summed E-state index contributed by atoms with van der Waals surface area (Å²) in [5, 5.41) is 0. The Balaban J connectivity index is 2.46. The lowest BCUT2D eigenvalue weighted by Gasteiger charge is -2.17. The Morgan fingerprint density at radius 1 is 1.41 bits per heavy atom. The van der Waals surface area contributed by atoms with Gasteiger partial charge in [0, 0.05) is 25.7 Å². The molecule has 4 nitrogen and oxygen atoms in total. The van der Waals surface area contributed by atoms with Crippen LogP contribution in [0.4, 0.5) is 0 Å². The number of benzene rings is 1. The van der Waals surface area contributed by atoms with Gasteiger partial charge in [0.25, 0.3) is 5.91 Å². The Morgan fingerprint density at radius 3 is 2.82 bits per heavy atom. The van der Waals surface area contributed by atoms with E-state index in [0.717, 1.165) is 5.56 Å². The molecule has 0 bridgehead atoms. The highest BCUT2D eigenvalue weighted by atomic mass is 16.5. The monoisotopic (exact) mass is 236 g/mol.